The molecular weight excluding hydrogens is 306 g/mol. The second-order valence-corrected chi connectivity index (χ2v) is 5.60. The van der Waals surface area contributed by atoms with E-state index in [1.807, 2.05) is 25.1 Å². The number of carbonyl (C=O) groups is 3. The van der Waals surface area contributed by atoms with Gasteiger partial charge in [-0.25, -0.2) is 4.79 Å². The Balaban J connectivity index is 1.66. The number of rotatable bonds is 4. The smallest absolute Gasteiger partial charge is 0.325 e. The van der Waals surface area contributed by atoms with E-state index in [0.29, 0.717) is 11.4 Å². The van der Waals surface area contributed by atoms with E-state index >= 15 is 0 Å². The lowest BCUT2D eigenvalue weighted by Crippen LogP contribution is -2.39. The molecule has 0 unspecified atom stereocenters. The van der Waals surface area contributed by atoms with Crippen LogP contribution in [0.2, 0.25) is 0 Å². The second kappa shape index (κ2) is 6.54. The lowest BCUT2D eigenvalue weighted by atomic mass is 10.2. The Morgan fingerprint density at radius 2 is 1.71 bits per heavy atom. The van der Waals surface area contributed by atoms with Crippen LogP contribution in [-0.2, 0) is 9.59 Å². The van der Waals surface area contributed by atoms with E-state index in [2.05, 4.69) is 5.32 Å². The van der Waals surface area contributed by atoms with Crippen molar-refractivity contribution in [3.63, 3.8) is 0 Å². The number of nitrogens with zero attached hydrogens (tertiary/aromatic N) is 2. The summed E-state index contributed by atoms with van der Waals surface area (Å²) in [5, 5.41) is 2.69. The standard InChI is InChI=1S/C18H17N3O3/c1-13-7-9-14(10-8-13)19-16(22)11-21-17(23)12-20(18(21)24)15-5-3-2-4-6-15/h2-10H,11-12H2,1H3,(H,19,22). The molecular formula is C18H17N3O3. The molecule has 0 spiro atoms. The molecule has 3 rings (SSSR count). The van der Waals surface area contributed by atoms with Gasteiger partial charge in [-0.05, 0) is 31.2 Å². The number of nitrogens with one attached hydrogen (secondary N) is 1. The van der Waals surface area contributed by atoms with Gasteiger partial charge in [0.25, 0.3) is 5.91 Å². The van der Waals surface area contributed by atoms with Crippen LogP contribution >= 0.6 is 0 Å². The van der Waals surface area contributed by atoms with Crippen molar-refractivity contribution >= 4 is 29.2 Å². The van der Waals surface area contributed by atoms with Crippen LogP contribution in [0.3, 0.4) is 0 Å². The maximum Gasteiger partial charge on any atom is 0.332 e. The van der Waals surface area contributed by atoms with Crippen molar-refractivity contribution in [1.29, 1.82) is 0 Å². The van der Waals surface area contributed by atoms with Crippen molar-refractivity contribution in [2.75, 3.05) is 23.3 Å². The largest absolute Gasteiger partial charge is 0.332 e. The molecule has 2 aromatic carbocycles. The summed E-state index contributed by atoms with van der Waals surface area (Å²) in [4.78, 5) is 38.9. The SMILES string of the molecule is Cc1ccc(NC(=O)CN2C(=O)CN(c3ccccc3)C2=O)cc1. The molecule has 0 aliphatic carbocycles. The number of hydrogen-bond donors (Lipinski definition) is 1. The number of amides is 4. The van der Waals surface area contributed by atoms with Gasteiger partial charge >= 0.3 is 6.03 Å². The molecule has 1 aliphatic rings. The van der Waals surface area contributed by atoms with E-state index in [1.54, 1.807) is 36.4 Å². The molecule has 1 heterocycles. The van der Waals surface area contributed by atoms with Gasteiger partial charge in [0, 0.05) is 11.4 Å². The molecule has 2 aromatic rings. The Bertz CT molecular complexity index is 772. The van der Waals surface area contributed by atoms with Gasteiger partial charge in [-0.1, -0.05) is 35.9 Å². The van der Waals surface area contributed by atoms with Crippen LogP contribution in [0.25, 0.3) is 0 Å². The van der Waals surface area contributed by atoms with E-state index < -0.39 is 11.9 Å². The van der Waals surface area contributed by atoms with Gasteiger partial charge < -0.3 is 5.32 Å². The van der Waals surface area contributed by atoms with Crippen molar-refractivity contribution in [1.82, 2.24) is 4.90 Å². The normalized spacial score (nSPS) is 14.2. The average molecular weight is 323 g/mol. The van der Waals surface area contributed by atoms with Crippen LogP contribution in [0.4, 0.5) is 16.2 Å². The molecule has 4 amide bonds. The summed E-state index contributed by atoms with van der Waals surface area (Å²) < 4.78 is 0. The number of benzene rings is 2. The van der Waals surface area contributed by atoms with Gasteiger partial charge in [0.1, 0.15) is 13.1 Å². The predicted octanol–water partition coefficient (Wildman–Crippen LogP) is 2.40. The molecule has 1 saturated heterocycles. The average Bonchev–Trinajstić information content (AvgIpc) is 2.86. The molecule has 0 aromatic heterocycles. The highest BCUT2D eigenvalue weighted by molar-refractivity contribution is 6.14. The topological polar surface area (TPSA) is 69.7 Å². The van der Waals surface area contributed by atoms with Crippen molar-refractivity contribution in [3.8, 4) is 0 Å². The zero-order chi connectivity index (χ0) is 17.1. The molecule has 0 radical (unpaired) electrons. The Morgan fingerprint density at radius 1 is 1.04 bits per heavy atom. The third kappa shape index (κ3) is 3.27. The molecule has 1 aliphatic heterocycles. The highest BCUT2D eigenvalue weighted by Crippen LogP contribution is 2.20. The first-order valence-electron chi connectivity index (χ1n) is 7.58. The number of carbonyl (C=O) groups excluding carboxylic acids is 3. The third-order valence-corrected chi connectivity index (χ3v) is 3.76. The molecule has 1 fully saturated rings. The van der Waals surface area contributed by atoms with Gasteiger partial charge in [0.15, 0.2) is 0 Å². The minimum Gasteiger partial charge on any atom is -0.325 e. The van der Waals surface area contributed by atoms with Crippen molar-refractivity contribution in [2.45, 2.75) is 6.92 Å². The fourth-order valence-corrected chi connectivity index (χ4v) is 2.49. The Hall–Kier alpha value is -3.15. The Kier molecular flexibility index (Phi) is 4.29. The van der Waals surface area contributed by atoms with E-state index in [4.69, 9.17) is 0 Å². The number of anilines is 2. The maximum absolute atomic E-state index is 12.4. The molecule has 24 heavy (non-hydrogen) atoms. The molecule has 122 valence electrons. The molecule has 6 heteroatoms. The zero-order valence-corrected chi connectivity index (χ0v) is 13.2. The van der Waals surface area contributed by atoms with Gasteiger partial charge in [-0.2, -0.15) is 0 Å². The zero-order valence-electron chi connectivity index (χ0n) is 13.2. The fourth-order valence-electron chi connectivity index (χ4n) is 2.49. The van der Waals surface area contributed by atoms with Gasteiger partial charge in [0.05, 0.1) is 0 Å². The number of urea groups is 1. The number of imide groups is 1. The molecule has 0 atom stereocenters. The molecule has 6 nitrogen and oxygen atoms in total. The summed E-state index contributed by atoms with van der Waals surface area (Å²) in [7, 11) is 0. The van der Waals surface area contributed by atoms with E-state index in [1.165, 1.54) is 4.90 Å². The predicted molar refractivity (Wildman–Crippen MR) is 90.7 cm³/mol. The van der Waals surface area contributed by atoms with Crippen LogP contribution < -0.4 is 10.2 Å². The minimum absolute atomic E-state index is 0.0549. The van der Waals surface area contributed by atoms with Gasteiger partial charge in [-0.3, -0.25) is 19.4 Å². The first-order valence-corrected chi connectivity index (χ1v) is 7.58. The summed E-state index contributed by atoms with van der Waals surface area (Å²) >= 11 is 0. The summed E-state index contributed by atoms with van der Waals surface area (Å²) in [5.74, 6) is -0.793. The number of hydrogen-bond acceptors (Lipinski definition) is 3. The molecule has 0 bridgehead atoms. The summed E-state index contributed by atoms with van der Waals surface area (Å²) in [5.41, 5.74) is 2.35. The van der Waals surface area contributed by atoms with Gasteiger partial charge in [0.2, 0.25) is 5.91 Å². The first-order chi connectivity index (χ1) is 11.5. The van der Waals surface area contributed by atoms with Crippen LogP contribution in [0.15, 0.2) is 54.6 Å². The van der Waals surface area contributed by atoms with E-state index in [0.717, 1.165) is 10.5 Å². The highest BCUT2D eigenvalue weighted by atomic mass is 16.2. The second-order valence-electron chi connectivity index (χ2n) is 5.60. The molecule has 1 N–H and O–H groups in total. The number of aryl methyl sites for hydroxylation is 1. The number of para-hydroxylation sites is 1. The fraction of sp³-hybridized carbons (Fsp3) is 0.167. The summed E-state index contributed by atoms with van der Waals surface area (Å²) in [6.45, 7) is 1.60. The van der Waals surface area contributed by atoms with Crippen LogP contribution in [0.5, 0.6) is 0 Å². The van der Waals surface area contributed by atoms with Crippen molar-refractivity contribution in [3.05, 3.63) is 60.2 Å². The Morgan fingerprint density at radius 3 is 2.38 bits per heavy atom. The summed E-state index contributed by atoms with van der Waals surface area (Å²) in [6, 6.07) is 15.7. The third-order valence-electron chi connectivity index (χ3n) is 3.76. The van der Waals surface area contributed by atoms with Crippen LogP contribution in [0.1, 0.15) is 5.56 Å². The molecule has 0 saturated carbocycles. The van der Waals surface area contributed by atoms with Crippen molar-refractivity contribution < 1.29 is 14.4 Å². The highest BCUT2D eigenvalue weighted by Gasteiger charge is 2.37. The lowest BCUT2D eigenvalue weighted by Gasteiger charge is -2.16. The van der Waals surface area contributed by atoms with Crippen molar-refractivity contribution in [2.24, 2.45) is 0 Å². The lowest BCUT2D eigenvalue weighted by molar-refractivity contribution is -0.128. The summed E-state index contributed by atoms with van der Waals surface area (Å²) in [6.07, 6.45) is 0. The van der Waals surface area contributed by atoms with Gasteiger partial charge in [-0.15, -0.1) is 0 Å². The van der Waals surface area contributed by atoms with E-state index in [-0.39, 0.29) is 19.0 Å². The van der Waals surface area contributed by atoms with E-state index in [9.17, 15) is 14.4 Å². The maximum atomic E-state index is 12.4. The van der Waals surface area contributed by atoms with Crippen LogP contribution in [-0.4, -0.2) is 35.8 Å². The quantitative estimate of drug-likeness (QED) is 0.879. The monoisotopic (exact) mass is 323 g/mol. The minimum atomic E-state index is -0.481. The first kappa shape index (κ1) is 15.7. The van der Waals surface area contributed by atoms with Crippen LogP contribution in [0, 0.1) is 6.92 Å². The Labute approximate surface area is 139 Å².